The molecule has 0 aromatic heterocycles. The van der Waals surface area contributed by atoms with Gasteiger partial charge in [0.25, 0.3) is 5.91 Å². The van der Waals surface area contributed by atoms with Gasteiger partial charge in [0.05, 0.1) is 26.4 Å². The lowest BCUT2D eigenvalue weighted by atomic mass is 10.1. The van der Waals surface area contributed by atoms with Crippen LogP contribution in [0.15, 0.2) is 0 Å². The summed E-state index contributed by atoms with van der Waals surface area (Å²) in [5, 5.41) is 5.36. The molecule has 2 amide bonds. The van der Waals surface area contributed by atoms with Crippen molar-refractivity contribution in [2.75, 3.05) is 52.7 Å². The minimum atomic E-state index is -1.00. The highest BCUT2D eigenvalue weighted by Gasteiger charge is 2.30. The Labute approximate surface area is 181 Å². The number of nitrogens with one attached hydrogen (secondary N) is 2. The Morgan fingerprint density at radius 3 is 2.13 bits per heavy atom. The van der Waals surface area contributed by atoms with Gasteiger partial charge in [-0.15, -0.1) is 0 Å². The number of carbonyl (C=O) groups excluding carboxylic acids is 2. The zero-order valence-corrected chi connectivity index (χ0v) is 19.7. The molecule has 4 N–H and O–H groups in total. The molecule has 0 aliphatic rings. The number of hydrogen-bond donors (Lipinski definition) is 3. The van der Waals surface area contributed by atoms with E-state index in [0.717, 1.165) is 13.0 Å². The first-order chi connectivity index (χ1) is 14.0. The second kappa shape index (κ2) is 15.4. The second-order valence-electron chi connectivity index (χ2n) is 8.64. The van der Waals surface area contributed by atoms with Crippen LogP contribution in [0.5, 0.6) is 0 Å². The summed E-state index contributed by atoms with van der Waals surface area (Å²) in [6.07, 6.45) is 0.961. The summed E-state index contributed by atoms with van der Waals surface area (Å²) in [4.78, 5) is 24.0. The zero-order valence-electron chi connectivity index (χ0n) is 19.7. The maximum Gasteiger partial charge on any atom is 0.407 e. The topological polar surface area (TPSA) is 121 Å². The molecule has 0 fully saturated rings. The van der Waals surface area contributed by atoms with Gasteiger partial charge in [0, 0.05) is 32.7 Å². The van der Waals surface area contributed by atoms with Gasteiger partial charge in [0.15, 0.2) is 0 Å². The Kier molecular flexibility index (Phi) is 14.7. The summed E-state index contributed by atoms with van der Waals surface area (Å²) in [6, 6.07) is 0. The SMILES string of the molecule is CC(C)CCOCCOCCNC(=O)C(C)(C)OCCC(C)(C)OC(=O)NCCN. The third-order valence-electron chi connectivity index (χ3n) is 4.24. The maximum absolute atomic E-state index is 12.3. The summed E-state index contributed by atoms with van der Waals surface area (Å²) in [7, 11) is 0. The van der Waals surface area contributed by atoms with Gasteiger partial charge in [-0.05, 0) is 40.0 Å². The van der Waals surface area contributed by atoms with E-state index in [-0.39, 0.29) is 12.5 Å². The smallest absolute Gasteiger partial charge is 0.407 e. The Balaban J connectivity index is 3.94. The number of amides is 2. The molecule has 0 spiro atoms. The van der Waals surface area contributed by atoms with Crippen molar-refractivity contribution >= 4 is 12.0 Å². The maximum atomic E-state index is 12.3. The van der Waals surface area contributed by atoms with E-state index in [9.17, 15) is 9.59 Å². The lowest BCUT2D eigenvalue weighted by molar-refractivity contribution is -0.144. The predicted molar refractivity (Wildman–Crippen MR) is 116 cm³/mol. The van der Waals surface area contributed by atoms with Crippen molar-refractivity contribution in [3.8, 4) is 0 Å². The van der Waals surface area contributed by atoms with Gasteiger partial charge in [0.2, 0.25) is 0 Å². The highest BCUT2D eigenvalue weighted by Crippen LogP contribution is 2.17. The molecule has 0 bridgehead atoms. The van der Waals surface area contributed by atoms with Gasteiger partial charge in [0.1, 0.15) is 11.2 Å². The molecular weight excluding hydrogens is 390 g/mol. The highest BCUT2D eigenvalue weighted by molar-refractivity contribution is 5.84. The molecule has 0 saturated carbocycles. The number of alkyl carbamates (subject to hydrolysis) is 1. The van der Waals surface area contributed by atoms with E-state index in [1.165, 1.54) is 0 Å². The van der Waals surface area contributed by atoms with Crippen LogP contribution < -0.4 is 16.4 Å². The van der Waals surface area contributed by atoms with E-state index in [1.54, 1.807) is 27.7 Å². The largest absolute Gasteiger partial charge is 0.443 e. The third-order valence-corrected chi connectivity index (χ3v) is 4.24. The highest BCUT2D eigenvalue weighted by atomic mass is 16.6. The molecule has 30 heavy (non-hydrogen) atoms. The summed E-state index contributed by atoms with van der Waals surface area (Å²) in [5.41, 5.74) is 3.61. The molecule has 0 unspecified atom stereocenters. The van der Waals surface area contributed by atoms with Gasteiger partial charge in [-0.25, -0.2) is 4.79 Å². The first-order valence-corrected chi connectivity index (χ1v) is 10.7. The molecule has 0 atom stereocenters. The van der Waals surface area contributed by atoms with Crippen molar-refractivity contribution in [3.05, 3.63) is 0 Å². The van der Waals surface area contributed by atoms with Gasteiger partial charge in [-0.2, -0.15) is 0 Å². The monoisotopic (exact) mass is 433 g/mol. The minimum absolute atomic E-state index is 0.223. The fourth-order valence-corrected chi connectivity index (χ4v) is 2.22. The van der Waals surface area contributed by atoms with Crippen LogP contribution in [-0.4, -0.2) is 75.9 Å². The molecule has 9 heteroatoms. The molecule has 0 aliphatic carbocycles. The number of rotatable bonds is 17. The van der Waals surface area contributed by atoms with Crippen LogP contribution in [0, 0.1) is 5.92 Å². The molecule has 0 heterocycles. The Morgan fingerprint density at radius 1 is 0.900 bits per heavy atom. The van der Waals surface area contributed by atoms with Crippen LogP contribution in [0.25, 0.3) is 0 Å². The van der Waals surface area contributed by atoms with Crippen LogP contribution in [0.2, 0.25) is 0 Å². The summed E-state index contributed by atoms with van der Waals surface area (Å²) >= 11 is 0. The zero-order chi connectivity index (χ0) is 23.0. The molecule has 9 nitrogen and oxygen atoms in total. The van der Waals surface area contributed by atoms with Crippen molar-refractivity contribution in [2.45, 2.75) is 65.6 Å². The third kappa shape index (κ3) is 15.4. The average Bonchev–Trinajstić information content (AvgIpc) is 2.63. The molecule has 0 rings (SSSR count). The van der Waals surface area contributed by atoms with Crippen LogP contribution in [0.1, 0.15) is 54.4 Å². The van der Waals surface area contributed by atoms with E-state index in [2.05, 4.69) is 24.5 Å². The van der Waals surface area contributed by atoms with Crippen molar-refractivity contribution in [1.29, 1.82) is 0 Å². The lowest BCUT2D eigenvalue weighted by Crippen LogP contribution is -2.46. The van der Waals surface area contributed by atoms with Crippen LogP contribution >= 0.6 is 0 Å². The Bertz CT molecular complexity index is 483. The fraction of sp³-hybridized carbons (Fsp3) is 0.905. The predicted octanol–water partition coefficient (Wildman–Crippen LogP) is 1.83. The van der Waals surface area contributed by atoms with E-state index in [1.807, 2.05) is 0 Å². The van der Waals surface area contributed by atoms with Gasteiger partial charge in [-0.3, -0.25) is 4.79 Å². The average molecular weight is 434 g/mol. The van der Waals surface area contributed by atoms with Gasteiger partial charge in [-0.1, -0.05) is 13.8 Å². The number of hydrogen-bond acceptors (Lipinski definition) is 7. The standard InChI is InChI=1S/C21H43N3O6/c1-17(2)7-12-27-15-16-28-14-11-23-18(25)21(5,6)29-13-8-20(3,4)30-19(26)24-10-9-22/h17H,7-16,22H2,1-6H3,(H,23,25)(H,24,26). The van der Waals surface area contributed by atoms with E-state index in [4.69, 9.17) is 24.7 Å². The summed E-state index contributed by atoms with van der Waals surface area (Å²) in [6.45, 7) is 14.9. The molecule has 0 radical (unpaired) electrons. The summed E-state index contributed by atoms with van der Waals surface area (Å²) in [5.74, 6) is 0.407. The molecule has 0 saturated heterocycles. The fourth-order valence-electron chi connectivity index (χ4n) is 2.22. The van der Waals surface area contributed by atoms with Crippen LogP contribution in [0.4, 0.5) is 4.79 Å². The van der Waals surface area contributed by atoms with Crippen molar-refractivity contribution in [3.63, 3.8) is 0 Å². The minimum Gasteiger partial charge on any atom is -0.443 e. The number of ether oxygens (including phenoxy) is 4. The Hall–Kier alpha value is -1.42. The van der Waals surface area contributed by atoms with Gasteiger partial charge >= 0.3 is 6.09 Å². The lowest BCUT2D eigenvalue weighted by Gasteiger charge is -2.28. The molecule has 0 aromatic rings. The molecule has 0 aromatic carbocycles. The number of nitrogens with two attached hydrogens (primary N) is 1. The van der Waals surface area contributed by atoms with Gasteiger partial charge < -0.3 is 35.3 Å². The Morgan fingerprint density at radius 2 is 1.53 bits per heavy atom. The van der Waals surface area contributed by atoms with E-state index >= 15 is 0 Å². The second-order valence-corrected chi connectivity index (χ2v) is 8.64. The van der Waals surface area contributed by atoms with E-state index in [0.29, 0.717) is 51.8 Å². The van der Waals surface area contributed by atoms with Crippen molar-refractivity contribution in [2.24, 2.45) is 11.7 Å². The molecule has 178 valence electrons. The summed E-state index contributed by atoms with van der Waals surface area (Å²) < 4.78 is 22.0. The van der Waals surface area contributed by atoms with Crippen molar-refractivity contribution < 1.29 is 28.5 Å². The van der Waals surface area contributed by atoms with Crippen LogP contribution in [-0.2, 0) is 23.7 Å². The molecule has 0 aliphatic heterocycles. The first-order valence-electron chi connectivity index (χ1n) is 10.7. The first kappa shape index (κ1) is 28.6. The van der Waals surface area contributed by atoms with Crippen LogP contribution in [0.3, 0.4) is 0 Å². The number of carbonyl (C=O) groups is 2. The quantitative estimate of drug-likeness (QED) is 0.299. The van der Waals surface area contributed by atoms with E-state index < -0.39 is 17.3 Å². The van der Waals surface area contributed by atoms with Crippen molar-refractivity contribution in [1.82, 2.24) is 10.6 Å². The molecular formula is C21H43N3O6. The normalized spacial score (nSPS) is 12.1.